The highest BCUT2D eigenvalue weighted by Crippen LogP contribution is 2.12. The molecule has 0 aliphatic carbocycles. The molecule has 0 atom stereocenters. The molecule has 1 aromatic carbocycles. The molecule has 1 aromatic rings. The molecule has 1 rings (SSSR count). The third-order valence-corrected chi connectivity index (χ3v) is 2.47. The minimum absolute atomic E-state index is 0.0386. The Morgan fingerprint density at radius 2 is 2.06 bits per heavy atom. The van der Waals surface area contributed by atoms with E-state index < -0.39 is 0 Å². The number of rotatable bonds is 7. The van der Waals surface area contributed by atoms with Gasteiger partial charge in [-0.25, -0.2) is 0 Å². The van der Waals surface area contributed by atoms with Crippen molar-refractivity contribution in [3.05, 3.63) is 29.8 Å². The molecule has 4 heteroatoms. The van der Waals surface area contributed by atoms with Crippen molar-refractivity contribution in [2.45, 2.75) is 19.8 Å². The average molecular weight is 236 g/mol. The van der Waals surface area contributed by atoms with Crippen LogP contribution >= 0.6 is 0 Å². The van der Waals surface area contributed by atoms with E-state index in [4.69, 9.17) is 5.11 Å². The Bertz CT molecular complexity index is 353. The van der Waals surface area contributed by atoms with Gasteiger partial charge >= 0.3 is 0 Å². The van der Waals surface area contributed by atoms with Gasteiger partial charge in [0.05, 0.1) is 6.54 Å². The molecular weight excluding hydrogens is 216 g/mol. The summed E-state index contributed by atoms with van der Waals surface area (Å²) < 4.78 is 0. The van der Waals surface area contributed by atoms with Gasteiger partial charge < -0.3 is 15.7 Å². The third kappa shape index (κ3) is 5.47. The maximum atomic E-state index is 11.6. The first kappa shape index (κ1) is 13.7. The maximum absolute atomic E-state index is 11.6. The van der Waals surface area contributed by atoms with Crippen molar-refractivity contribution in [2.75, 3.05) is 25.0 Å². The third-order valence-electron chi connectivity index (χ3n) is 2.47. The molecule has 94 valence electrons. The fourth-order valence-electron chi connectivity index (χ4n) is 1.47. The van der Waals surface area contributed by atoms with Crippen LogP contribution in [0.15, 0.2) is 24.3 Å². The van der Waals surface area contributed by atoms with Crippen molar-refractivity contribution in [3.63, 3.8) is 0 Å². The molecule has 0 heterocycles. The number of aliphatic hydroxyl groups excluding tert-OH is 1. The Morgan fingerprint density at radius 1 is 1.29 bits per heavy atom. The highest BCUT2D eigenvalue weighted by molar-refractivity contribution is 5.92. The van der Waals surface area contributed by atoms with Crippen LogP contribution in [0.3, 0.4) is 0 Å². The lowest BCUT2D eigenvalue weighted by Gasteiger charge is -2.08. The highest BCUT2D eigenvalue weighted by atomic mass is 16.2. The zero-order valence-corrected chi connectivity index (χ0v) is 10.2. The Morgan fingerprint density at radius 3 is 2.76 bits per heavy atom. The van der Waals surface area contributed by atoms with Crippen LogP contribution in [-0.4, -0.2) is 30.7 Å². The van der Waals surface area contributed by atoms with Gasteiger partial charge in [-0.3, -0.25) is 4.79 Å². The lowest BCUT2D eigenvalue weighted by molar-refractivity contribution is -0.115. The number of aliphatic hydroxyl groups is 1. The average Bonchev–Trinajstić information content (AvgIpc) is 2.32. The SMILES string of the molecule is Cc1ccccc1NC(=O)CNCCCCO. The van der Waals surface area contributed by atoms with Crippen molar-refractivity contribution in [2.24, 2.45) is 0 Å². The van der Waals surface area contributed by atoms with Crippen LogP contribution in [0, 0.1) is 6.92 Å². The van der Waals surface area contributed by atoms with Gasteiger partial charge in [0.2, 0.25) is 5.91 Å². The van der Waals surface area contributed by atoms with E-state index in [0.717, 1.165) is 30.6 Å². The number of anilines is 1. The summed E-state index contributed by atoms with van der Waals surface area (Å²) in [5.74, 6) is -0.0386. The Hall–Kier alpha value is -1.39. The molecule has 0 aromatic heterocycles. The number of nitrogens with one attached hydrogen (secondary N) is 2. The molecule has 0 fully saturated rings. The van der Waals surface area contributed by atoms with Crippen LogP contribution < -0.4 is 10.6 Å². The lowest BCUT2D eigenvalue weighted by Crippen LogP contribution is -2.29. The number of hydrogen-bond acceptors (Lipinski definition) is 3. The van der Waals surface area contributed by atoms with Gasteiger partial charge in [-0.15, -0.1) is 0 Å². The second-order valence-corrected chi connectivity index (χ2v) is 3.97. The predicted molar refractivity (Wildman–Crippen MR) is 69.0 cm³/mol. The molecule has 0 radical (unpaired) electrons. The van der Waals surface area contributed by atoms with E-state index in [9.17, 15) is 4.79 Å². The molecule has 4 nitrogen and oxygen atoms in total. The Labute approximate surface area is 102 Å². The molecule has 0 spiro atoms. The van der Waals surface area contributed by atoms with Gasteiger partial charge in [-0.05, 0) is 37.9 Å². The van der Waals surface area contributed by atoms with Crippen LogP contribution in [0.4, 0.5) is 5.69 Å². The summed E-state index contributed by atoms with van der Waals surface area (Å²) >= 11 is 0. The van der Waals surface area contributed by atoms with Crippen molar-refractivity contribution < 1.29 is 9.90 Å². The molecule has 17 heavy (non-hydrogen) atoms. The summed E-state index contributed by atoms with van der Waals surface area (Å²) in [7, 11) is 0. The van der Waals surface area contributed by atoms with Crippen LogP contribution in [0.5, 0.6) is 0 Å². The first-order chi connectivity index (χ1) is 8.24. The number of unbranched alkanes of at least 4 members (excludes halogenated alkanes) is 1. The first-order valence-electron chi connectivity index (χ1n) is 5.91. The predicted octanol–water partition coefficient (Wildman–Crippen LogP) is 1.30. The summed E-state index contributed by atoms with van der Waals surface area (Å²) in [4.78, 5) is 11.6. The summed E-state index contributed by atoms with van der Waals surface area (Å²) in [5.41, 5.74) is 1.91. The molecule has 0 unspecified atom stereocenters. The monoisotopic (exact) mass is 236 g/mol. The number of carbonyl (C=O) groups excluding carboxylic acids is 1. The second kappa shape index (κ2) is 7.81. The summed E-state index contributed by atoms with van der Waals surface area (Å²) in [6, 6.07) is 7.69. The van der Waals surface area contributed by atoms with Crippen LogP contribution in [0.2, 0.25) is 0 Å². The Balaban J connectivity index is 2.23. The van der Waals surface area contributed by atoms with E-state index in [2.05, 4.69) is 10.6 Å². The quantitative estimate of drug-likeness (QED) is 0.625. The molecule has 0 bridgehead atoms. The van der Waals surface area contributed by atoms with Crippen molar-refractivity contribution in [3.8, 4) is 0 Å². The zero-order valence-electron chi connectivity index (χ0n) is 10.2. The van der Waals surface area contributed by atoms with Crippen molar-refractivity contribution in [1.29, 1.82) is 0 Å². The summed E-state index contributed by atoms with van der Waals surface area (Å²) in [6.45, 7) is 3.23. The lowest BCUT2D eigenvalue weighted by atomic mass is 10.2. The normalized spacial score (nSPS) is 10.2. The van der Waals surface area contributed by atoms with Crippen LogP contribution in [-0.2, 0) is 4.79 Å². The van der Waals surface area contributed by atoms with E-state index in [0.29, 0.717) is 6.54 Å². The maximum Gasteiger partial charge on any atom is 0.238 e. The minimum atomic E-state index is -0.0386. The van der Waals surface area contributed by atoms with Crippen LogP contribution in [0.1, 0.15) is 18.4 Å². The standard InChI is InChI=1S/C13H20N2O2/c1-11-6-2-3-7-12(11)15-13(17)10-14-8-4-5-9-16/h2-3,6-7,14,16H,4-5,8-10H2,1H3,(H,15,17). The fraction of sp³-hybridized carbons (Fsp3) is 0.462. The van der Waals surface area contributed by atoms with E-state index in [1.165, 1.54) is 0 Å². The second-order valence-electron chi connectivity index (χ2n) is 3.97. The first-order valence-corrected chi connectivity index (χ1v) is 5.91. The minimum Gasteiger partial charge on any atom is -0.396 e. The molecule has 0 aliphatic heterocycles. The van der Waals surface area contributed by atoms with Gasteiger partial charge in [-0.2, -0.15) is 0 Å². The van der Waals surface area contributed by atoms with Gasteiger partial charge in [0.25, 0.3) is 0 Å². The molecule has 0 saturated carbocycles. The van der Waals surface area contributed by atoms with Crippen molar-refractivity contribution >= 4 is 11.6 Å². The van der Waals surface area contributed by atoms with Crippen molar-refractivity contribution in [1.82, 2.24) is 5.32 Å². The number of hydrogen-bond donors (Lipinski definition) is 3. The smallest absolute Gasteiger partial charge is 0.238 e. The molecule has 0 saturated heterocycles. The fourth-order valence-corrected chi connectivity index (χ4v) is 1.47. The van der Waals surface area contributed by atoms with E-state index in [1.54, 1.807) is 0 Å². The summed E-state index contributed by atoms with van der Waals surface area (Å²) in [6.07, 6.45) is 1.65. The number of amides is 1. The molecular formula is C13H20N2O2. The van der Waals surface area contributed by atoms with Crippen LogP contribution in [0.25, 0.3) is 0 Å². The molecule has 3 N–H and O–H groups in total. The Kier molecular flexibility index (Phi) is 6.29. The number of carbonyl (C=O) groups is 1. The van der Waals surface area contributed by atoms with E-state index in [-0.39, 0.29) is 12.5 Å². The number of para-hydroxylation sites is 1. The van der Waals surface area contributed by atoms with Gasteiger partial charge in [0.15, 0.2) is 0 Å². The molecule has 0 aliphatic rings. The van der Waals surface area contributed by atoms with Gasteiger partial charge in [0, 0.05) is 12.3 Å². The topological polar surface area (TPSA) is 61.4 Å². The number of aryl methyl sites for hydroxylation is 1. The van der Waals surface area contributed by atoms with Gasteiger partial charge in [0.1, 0.15) is 0 Å². The summed E-state index contributed by atoms with van der Waals surface area (Å²) in [5, 5.41) is 14.5. The van der Waals surface area contributed by atoms with E-state index in [1.807, 2.05) is 31.2 Å². The zero-order chi connectivity index (χ0) is 12.5. The largest absolute Gasteiger partial charge is 0.396 e. The van der Waals surface area contributed by atoms with E-state index >= 15 is 0 Å². The highest BCUT2D eigenvalue weighted by Gasteiger charge is 2.02. The molecule has 1 amide bonds. The number of benzene rings is 1. The van der Waals surface area contributed by atoms with Gasteiger partial charge in [-0.1, -0.05) is 18.2 Å².